The summed E-state index contributed by atoms with van der Waals surface area (Å²) in [5, 5.41) is 11.9. The second-order valence-corrected chi connectivity index (χ2v) is 6.25. The smallest absolute Gasteiger partial charge is 0.354 e. The van der Waals surface area contributed by atoms with Crippen LogP contribution in [0.2, 0.25) is 0 Å². The second-order valence-electron chi connectivity index (χ2n) is 6.25. The SMILES string of the molecule is CC1(C)C(NC(=O)c2ccnc(C(=O)O)c2)C2CCOC21. The summed E-state index contributed by atoms with van der Waals surface area (Å²) in [4.78, 5) is 27.0. The van der Waals surface area contributed by atoms with Gasteiger partial charge in [0.2, 0.25) is 0 Å². The van der Waals surface area contributed by atoms with Gasteiger partial charge in [0.25, 0.3) is 5.91 Å². The van der Waals surface area contributed by atoms with Gasteiger partial charge in [-0.3, -0.25) is 4.79 Å². The van der Waals surface area contributed by atoms with Crippen LogP contribution in [0.25, 0.3) is 0 Å². The molecule has 2 aliphatic rings. The molecule has 0 aromatic carbocycles. The minimum atomic E-state index is -1.14. The fourth-order valence-corrected chi connectivity index (χ4v) is 3.53. The fourth-order valence-electron chi connectivity index (χ4n) is 3.53. The van der Waals surface area contributed by atoms with Gasteiger partial charge in [0, 0.05) is 35.7 Å². The third kappa shape index (κ3) is 2.19. The number of amides is 1. The molecule has 0 bridgehead atoms. The lowest BCUT2D eigenvalue weighted by atomic mass is 9.57. The molecule has 6 heteroatoms. The highest BCUT2D eigenvalue weighted by Gasteiger charge is 2.59. The molecule has 1 saturated carbocycles. The van der Waals surface area contributed by atoms with E-state index in [0.717, 1.165) is 13.0 Å². The fraction of sp³-hybridized carbons (Fsp3) is 0.533. The first-order valence-corrected chi connectivity index (χ1v) is 7.03. The number of aromatic carboxylic acids is 1. The van der Waals surface area contributed by atoms with E-state index in [-0.39, 0.29) is 29.2 Å². The van der Waals surface area contributed by atoms with Crippen LogP contribution >= 0.6 is 0 Å². The first-order chi connectivity index (χ1) is 9.91. The van der Waals surface area contributed by atoms with E-state index in [1.807, 2.05) is 0 Å². The Morgan fingerprint density at radius 2 is 2.24 bits per heavy atom. The van der Waals surface area contributed by atoms with E-state index in [1.165, 1.54) is 18.3 Å². The van der Waals surface area contributed by atoms with Gasteiger partial charge in [0.1, 0.15) is 5.69 Å². The zero-order valence-electron chi connectivity index (χ0n) is 12.0. The van der Waals surface area contributed by atoms with E-state index in [2.05, 4.69) is 24.1 Å². The molecule has 2 heterocycles. The van der Waals surface area contributed by atoms with Crippen molar-refractivity contribution in [3.8, 4) is 0 Å². The molecule has 112 valence electrons. The highest BCUT2D eigenvalue weighted by molar-refractivity contribution is 5.96. The molecule has 1 saturated heterocycles. The maximum Gasteiger partial charge on any atom is 0.354 e. The molecule has 0 radical (unpaired) electrons. The van der Waals surface area contributed by atoms with Crippen molar-refractivity contribution in [2.75, 3.05) is 6.61 Å². The van der Waals surface area contributed by atoms with Crippen LogP contribution in [0.4, 0.5) is 0 Å². The number of aromatic nitrogens is 1. The van der Waals surface area contributed by atoms with E-state index in [0.29, 0.717) is 11.5 Å². The molecule has 2 N–H and O–H groups in total. The van der Waals surface area contributed by atoms with Crippen molar-refractivity contribution < 1.29 is 19.4 Å². The van der Waals surface area contributed by atoms with E-state index in [1.54, 1.807) is 0 Å². The molecule has 1 aliphatic carbocycles. The Hall–Kier alpha value is -1.95. The molecule has 3 atom stereocenters. The number of carbonyl (C=O) groups is 2. The molecule has 6 nitrogen and oxygen atoms in total. The zero-order chi connectivity index (χ0) is 15.2. The topological polar surface area (TPSA) is 88.5 Å². The molecule has 1 aliphatic heterocycles. The van der Waals surface area contributed by atoms with E-state index >= 15 is 0 Å². The standard InChI is InChI=1S/C15H18N2O4/c1-15(2)11(9-4-6-21-12(9)15)17-13(18)8-3-5-16-10(7-8)14(19)20/h3,5,7,9,11-12H,4,6H2,1-2H3,(H,17,18)(H,19,20). The summed E-state index contributed by atoms with van der Waals surface area (Å²) in [7, 11) is 0. The average Bonchev–Trinajstić information content (AvgIpc) is 2.91. The van der Waals surface area contributed by atoms with Crippen LogP contribution < -0.4 is 5.32 Å². The van der Waals surface area contributed by atoms with Crippen LogP contribution in [0.5, 0.6) is 0 Å². The summed E-state index contributed by atoms with van der Waals surface area (Å²) >= 11 is 0. The van der Waals surface area contributed by atoms with Gasteiger partial charge in [-0.25, -0.2) is 9.78 Å². The van der Waals surface area contributed by atoms with Crippen molar-refractivity contribution >= 4 is 11.9 Å². The van der Waals surface area contributed by atoms with Gasteiger partial charge < -0.3 is 15.2 Å². The van der Waals surface area contributed by atoms with Crippen LogP contribution in [0, 0.1) is 11.3 Å². The van der Waals surface area contributed by atoms with Gasteiger partial charge in [0.05, 0.1) is 6.10 Å². The third-order valence-electron chi connectivity index (χ3n) is 4.63. The van der Waals surface area contributed by atoms with Crippen LogP contribution in [0.3, 0.4) is 0 Å². The molecule has 1 amide bonds. The van der Waals surface area contributed by atoms with Crippen LogP contribution in [-0.4, -0.2) is 40.7 Å². The van der Waals surface area contributed by atoms with Crippen LogP contribution in [-0.2, 0) is 4.74 Å². The van der Waals surface area contributed by atoms with Crippen molar-refractivity contribution in [1.82, 2.24) is 10.3 Å². The van der Waals surface area contributed by atoms with Crippen LogP contribution in [0.1, 0.15) is 41.1 Å². The number of hydrogen-bond acceptors (Lipinski definition) is 4. The second kappa shape index (κ2) is 4.80. The monoisotopic (exact) mass is 290 g/mol. The first-order valence-electron chi connectivity index (χ1n) is 7.03. The number of nitrogens with zero attached hydrogens (tertiary/aromatic N) is 1. The first kappa shape index (κ1) is 14.0. The summed E-state index contributed by atoms with van der Waals surface area (Å²) < 4.78 is 5.70. The van der Waals surface area contributed by atoms with Crippen molar-refractivity contribution in [2.24, 2.45) is 11.3 Å². The summed E-state index contributed by atoms with van der Waals surface area (Å²) in [5.41, 5.74) is 0.0950. The summed E-state index contributed by atoms with van der Waals surface area (Å²) in [6, 6.07) is 2.88. The maximum absolute atomic E-state index is 12.3. The van der Waals surface area contributed by atoms with Crippen molar-refractivity contribution in [2.45, 2.75) is 32.4 Å². The number of pyridine rings is 1. The Labute approximate surface area is 122 Å². The minimum Gasteiger partial charge on any atom is -0.477 e. The van der Waals surface area contributed by atoms with Crippen molar-refractivity contribution in [1.29, 1.82) is 0 Å². The van der Waals surface area contributed by atoms with E-state index in [4.69, 9.17) is 9.84 Å². The van der Waals surface area contributed by atoms with Gasteiger partial charge >= 0.3 is 5.97 Å². The van der Waals surface area contributed by atoms with E-state index < -0.39 is 5.97 Å². The molecular formula is C15H18N2O4. The quantitative estimate of drug-likeness (QED) is 0.876. The number of carboxylic acids is 1. The van der Waals surface area contributed by atoms with Crippen molar-refractivity contribution in [3.05, 3.63) is 29.6 Å². The van der Waals surface area contributed by atoms with E-state index in [9.17, 15) is 9.59 Å². The van der Waals surface area contributed by atoms with Crippen molar-refractivity contribution in [3.63, 3.8) is 0 Å². The Morgan fingerprint density at radius 3 is 2.95 bits per heavy atom. The molecule has 3 rings (SSSR count). The number of carbonyl (C=O) groups excluding carboxylic acids is 1. The van der Waals surface area contributed by atoms with Gasteiger partial charge in [-0.1, -0.05) is 13.8 Å². The number of ether oxygens (including phenoxy) is 1. The third-order valence-corrected chi connectivity index (χ3v) is 4.63. The molecule has 1 aromatic rings. The summed E-state index contributed by atoms with van der Waals surface area (Å²) in [6.07, 6.45) is 2.50. The van der Waals surface area contributed by atoms with Gasteiger partial charge in [-0.2, -0.15) is 0 Å². The normalized spacial score (nSPS) is 29.3. The maximum atomic E-state index is 12.3. The van der Waals surface area contributed by atoms with Crippen LogP contribution in [0.15, 0.2) is 18.3 Å². The summed E-state index contributed by atoms with van der Waals surface area (Å²) in [5.74, 6) is -1.05. The largest absolute Gasteiger partial charge is 0.477 e. The number of carboxylic acid groups (broad SMARTS) is 1. The molecule has 21 heavy (non-hydrogen) atoms. The number of fused-ring (bicyclic) bond motifs is 1. The molecule has 2 fully saturated rings. The Balaban J connectivity index is 1.75. The Kier molecular flexibility index (Phi) is 3.20. The number of nitrogens with one attached hydrogen (secondary N) is 1. The highest BCUT2D eigenvalue weighted by atomic mass is 16.5. The Morgan fingerprint density at radius 1 is 1.48 bits per heavy atom. The molecule has 0 spiro atoms. The zero-order valence-corrected chi connectivity index (χ0v) is 12.0. The Bertz CT molecular complexity index is 599. The lowest BCUT2D eigenvalue weighted by molar-refractivity contribution is -0.108. The predicted octanol–water partition coefficient (Wildman–Crippen LogP) is 1.32. The summed E-state index contributed by atoms with van der Waals surface area (Å²) in [6.45, 7) is 4.91. The molecular weight excluding hydrogens is 272 g/mol. The predicted molar refractivity (Wildman–Crippen MR) is 74.1 cm³/mol. The lowest BCUT2D eigenvalue weighted by Crippen LogP contribution is -2.66. The van der Waals surface area contributed by atoms with Gasteiger partial charge in [-0.05, 0) is 18.6 Å². The minimum absolute atomic E-state index is 0.0546. The number of hydrogen-bond donors (Lipinski definition) is 2. The van der Waals surface area contributed by atoms with Gasteiger partial charge in [-0.15, -0.1) is 0 Å². The highest BCUT2D eigenvalue weighted by Crippen LogP contribution is 2.52. The average molecular weight is 290 g/mol. The van der Waals surface area contributed by atoms with Gasteiger partial charge in [0.15, 0.2) is 0 Å². The molecule has 3 unspecified atom stereocenters. The number of rotatable bonds is 3. The molecule has 1 aromatic heterocycles. The lowest BCUT2D eigenvalue weighted by Gasteiger charge is -2.54.